The van der Waals surface area contributed by atoms with Gasteiger partial charge < -0.3 is 4.90 Å². The van der Waals surface area contributed by atoms with Crippen LogP contribution in [-0.4, -0.2) is 21.0 Å². The third-order valence-electron chi connectivity index (χ3n) is 3.26. The molecule has 1 aliphatic rings. The van der Waals surface area contributed by atoms with E-state index in [0.29, 0.717) is 13.1 Å². The van der Waals surface area contributed by atoms with Crippen LogP contribution in [0.15, 0.2) is 12.1 Å². The van der Waals surface area contributed by atoms with Gasteiger partial charge in [-0.15, -0.1) is 11.3 Å². The Hall–Kier alpha value is -1.33. The highest BCUT2D eigenvalue weighted by Crippen LogP contribution is 2.36. The van der Waals surface area contributed by atoms with Gasteiger partial charge in [-0.1, -0.05) is 25.4 Å². The van der Waals surface area contributed by atoms with Gasteiger partial charge in [0.05, 0.1) is 28.0 Å². The molecule has 1 amide bonds. The van der Waals surface area contributed by atoms with E-state index in [-0.39, 0.29) is 11.8 Å². The molecule has 1 N–H and O–H groups in total. The van der Waals surface area contributed by atoms with E-state index in [1.807, 2.05) is 30.9 Å². The minimum atomic E-state index is 0.0246. The number of thiophene rings is 1. The van der Waals surface area contributed by atoms with Crippen LogP contribution in [0.25, 0.3) is 10.6 Å². The molecule has 0 aromatic carbocycles. The molecule has 3 heterocycles. The molecule has 19 heavy (non-hydrogen) atoms. The maximum atomic E-state index is 12.0. The molecule has 4 nitrogen and oxygen atoms in total. The predicted molar refractivity (Wildman–Crippen MR) is 76.0 cm³/mol. The second-order valence-corrected chi connectivity index (χ2v) is 6.70. The Morgan fingerprint density at radius 2 is 2.26 bits per heavy atom. The fourth-order valence-corrected chi connectivity index (χ4v) is 3.37. The molecule has 0 fully saturated rings. The number of aromatic nitrogens is 2. The van der Waals surface area contributed by atoms with E-state index in [9.17, 15) is 4.79 Å². The molecule has 0 saturated heterocycles. The van der Waals surface area contributed by atoms with Gasteiger partial charge in [0.25, 0.3) is 0 Å². The van der Waals surface area contributed by atoms with Crippen LogP contribution in [0.4, 0.5) is 0 Å². The number of fused-ring (bicyclic) bond motifs is 1. The Morgan fingerprint density at radius 1 is 1.47 bits per heavy atom. The molecule has 100 valence electrons. The Labute approximate surface area is 120 Å². The van der Waals surface area contributed by atoms with Crippen LogP contribution in [-0.2, 0) is 17.9 Å². The maximum absolute atomic E-state index is 12.0. The lowest BCUT2D eigenvalue weighted by Crippen LogP contribution is -2.29. The lowest BCUT2D eigenvalue weighted by Gasteiger charge is -2.17. The van der Waals surface area contributed by atoms with Gasteiger partial charge in [0.1, 0.15) is 5.69 Å². The number of amides is 1. The number of carbonyl (C=O) groups excluding carboxylic acids is 1. The largest absolute Gasteiger partial charge is 0.332 e. The fourth-order valence-electron chi connectivity index (χ4n) is 2.31. The average molecular weight is 296 g/mol. The topological polar surface area (TPSA) is 49.0 Å². The first-order valence-electron chi connectivity index (χ1n) is 6.17. The zero-order valence-electron chi connectivity index (χ0n) is 10.7. The lowest BCUT2D eigenvalue weighted by atomic mass is 10.2. The minimum Gasteiger partial charge on any atom is -0.332 e. The van der Waals surface area contributed by atoms with Gasteiger partial charge in [0, 0.05) is 11.5 Å². The van der Waals surface area contributed by atoms with E-state index in [1.54, 1.807) is 0 Å². The standard InChI is InChI=1S/C13H14ClN3OS/c1-7(2)13(18)17-5-8-9(6-17)15-16-12(8)10-3-4-11(14)19-10/h3-4,7H,5-6H2,1-2H3,(H,15,16). The number of halogens is 1. The van der Waals surface area contributed by atoms with Gasteiger partial charge in [-0.3, -0.25) is 9.89 Å². The summed E-state index contributed by atoms with van der Waals surface area (Å²) in [4.78, 5) is 14.9. The van der Waals surface area contributed by atoms with Crippen molar-refractivity contribution in [3.05, 3.63) is 27.7 Å². The van der Waals surface area contributed by atoms with Crippen molar-refractivity contribution in [2.75, 3.05) is 0 Å². The molecule has 1 aliphatic heterocycles. The van der Waals surface area contributed by atoms with E-state index < -0.39 is 0 Å². The highest BCUT2D eigenvalue weighted by atomic mass is 35.5. The van der Waals surface area contributed by atoms with Crippen molar-refractivity contribution in [3.8, 4) is 10.6 Å². The van der Waals surface area contributed by atoms with Crippen molar-refractivity contribution in [1.29, 1.82) is 0 Å². The second kappa shape index (κ2) is 4.65. The third kappa shape index (κ3) is 2.17. The molecular formula is C13H14ClN3OS. The van der Waals surface area contributed by atoms with Gasteiger partial charge >= 0.3 is 0 Å². The van der Waals surface area contributed by atoms with Gasteiger partial charge in [-0.05, 0) is 12.1 Å². The van der Waals surface area contributed by atoms with Crippen molar-refractivity contribution in [2.24, 2.45) is 5.92 Å². The smallest absolute Gasteiger partial charge is 0.225 e. The molecule has 0 bridgehead atoms. The summed E-state index contributed by atoms with van der Waals surface area (Å²) in [5.74, 6) is 0.205. The molecule has 0 saturated carbocycles. The number of rotatable bonds is 2. The SMILES string of the molecule is CC(C)C(=O)N1Cc2[nH]nc(-c3ccc(Cl)s3)c2C1. The summed E-state index contributed by atoms with van der Waals surface area (Å²) in [7, 11) is 0. The third-order valence-corrected chi connectivity index (χ3v) is 4.50. The Balaban J connectivity index is 1.89. The molecule has 3 rings (SSSR count). The number of hydrogen-bond acceptors (Lipinski definition) is 3. The van der Waals surface area contributed by atoms with E-state index >= 15 is 0 Å². The molecule has 0 spiro atoms. The number of hydrogen-bond donors (Lipinski definition) is 1. The quantitative estimate of drug-likeness (QED) is 0.924. The van der Waals surface area contributed by atoms with Crippen LogP contribution < -0.4 is 0 Å². The number of carbonyl (C=O) groups is 1. The summed E-state index contributed by atoms with van der Waals surface area (Å²) >= 11 is 7.47. The first kappa shape index (κ1) is 12.7. The molecule has 6 heteroatoms. The highest BCUT2D eigenvalue weighted by Gasteiger charge is 2.29. The normalized spacial score (nSPS) is 14.2. The van der Waals surface area contributed by atoms with Gasteiger partial charge in [0.15, 0.2) is 0 Å². The van der Waals surface area contributed by atoms with E-state index in [4.69, 9.17) is 11.6 Å². The van der Waals surface area contributed by atoms with Crippen molar-refractivity contribution < 1.29 is 4.79 Å². The van der Waals surface area contributed by atoms with Crippen molar-refractivity contribution in [1.82, 2.24) is 15.1 Å². The summed E-state index contributed by atoms with van der Waals surface area (Å²) in [6, 6.07) is 3.84. The van der Waals surface area contributed by atoms with Crippen LogP contribution in [0.5, 0.6) is 0 Å². The number of nitrogens with zero attached hydrogens (tertiary/aromatic N) is 2. The van der Waals surface area contributed by atoms with Crippen molar-refractivity contribution in [2.45, 2.75) is 26.9 Å². The summed E-state index contributed by atoms with van der Waals surface area (Å²) in [5.41, 5.74) is 3.08. The molecule has 0 atom stereocenters. The Morgan fingerprint density at radius 3 is 2.89 bits per heavy atom. The summed E-state index contributed by atoms with van der Waals surface area (Å²) in [5, 5.41) is 7.39. The zero-order valence-corrected chi connectivity index (χ0v) is 12.3. The van der Waals surface area contributed by atoms with Crippen molar-refractivity contribution in [3.63, 3.8) is 0 Å². The Bertz CT molecular complexity index is 632. The first-order valence-corrected chi connectivity index (χ1v) is 7.36. The molecule has 2 aromatic heterocycles. The first-order chi connectivity index (χ1) is 9.06. The second-order valence-electron chi connectivity index (χ2n) is 4.98. The predicted octanol–water partition coefficient (Wildman–Crippen LogP) is 3.29. The number of H-pyrrole nitrogens is 1. The van der Waals surface area contributed by atoms with Crippen LogP contribution in [0, 0.1) is 5.92 Å². The van der Waals surface area contributed by atoms with Gasteiger partial charge in [0.2, 0.25) is 5.91 Å². The Kier molecular flexibility index (Phi) is 3.11. The highest BCUT2D eigenvalue weighted by molar-refractivity contribution is 7.19. The fraction of sp³-hybridized carbons (Fsp3) is 0.385. The summed E-state index contributed by atoms with van der Waals surface area (Å²) < 4.78 is 0.750. The van der Waals surface area contributed by atoms with Crippen molar-refractivity contribution >= 4 is 28.8 Å². The molecule has 0 aliphatic carbocycles. The van der Waals surface area contributed by atoms with Crippen LogP contribution >= 0.6 is 22.9 Å². The van der Waals surface area contributed by atoms with Gasteiger partial charge in [-0.25, -0.2) is 0 Å². The maximum Gasteiger partial charge on any atom is 0.225 e. The van der Waals surface area contributed by atoms with Crippen LogP contribution in [0.3, 0.4) is 0 Å². The summed E-state index contributed by atoms with van der Waals surface area (Å²) in [6.07, 6.45) is 0. The zero-order chi connectivity index (χ0) is 13.6. The van der Waals surface area contributed by atoms with Gasteiger partial charge in [-0.2, -0.15) is 5.10 Å². The molecular weight excluding hydrogens is 282 g/mol. The lowest BCUT2D eigenvalue weighted by molar-refractivity contribution is -0.135. The van der Waals surface area contributed by atoms with E-state index in [1.165, 1.54) is 11.3 Å². The van der Waals surface area contributed by atoms with Crippen LogP contribution in [0.1, 0.15) is 25.1 Å². The van der Waals surface area contributed by atoms with Crippen LogP contribution in [0.2, 0.25) is 4.34 Å². The van der Waals surface area contributed by atoms with E-state index in [2.05, 4.69) is 10.2 Å². The molecule has 0 radical (unpaired) electrons. The number of aromatic amines is 1. The number of nitrogens with one attached hydrogen (secondary N) is 1. The monoisotopic (exact) mass is 295 g/mol. The minimum absolute atomic E-state index is 0.0246. The van der Waals surface area contributed by atoms with E-state index in [0.717, 1.165) is 26.2 Å². The molecule has 0 unspecified atom stereocenters. The summed E-state index contributed by atoms with van der Waals surface area (Å²) in [6.45, 7) is 5.10. The molecule has 2 aromatic rings. The average Bonchev–Trinajstić information content (AvgIpc) is 3.01.